The largest absolute Gasteiger partial charge is 0.385 e. The van der Waals surface area contributed by atoms with E-state index in [0.29, 0.717) is 31.6 Å². The van der Waals surface area contributed by atoms with Crippen molar-refractivity contribution in [1.82, 2.24) is 9.88 Å². The third kappa shape index (κ3) is 3.55. The van der Waals surface area contributed by atoms with Gasteiger partial charge in [0.25, 0.3) is 5.91 Å². The Labute approximate surface area is 191 Å². The third-order valence-corrected chi connectivity index (χ3v) is 9.11. The Bertz CT molecular complexity index is 990. The number of fused-ring (bicyclic) bond motifs is 1. The molecule has 5 nitrogen and oxygen atoms in total. The van der Waals surface area contributed by atoms with Crippen molar-refractivity contribution in [1.29, 1.82) is 0 Å². The molecule has 1 saturated heterocycles. The van der Waals surface area contributed by atoms with Crippen LogP contribution in [0, 0.1) is 23.2 Å². The van der Waals surface area contributed by atoms with Crippen molar-refractivity contribution in [3.63, 3.8) is 0 Å². The van der Waals surface area contributed by atoms with E-state index in [1.807, 2.05) is 18.3 Å². The van der Waals surface area contributed by atoms with Gasteiger partial charge in [-0.2, -0.15) is 0 Å². The van der Waals surface area contributed by atoms with Gasteiger partial charge in [0.15, 0.2) is 0 Å². The molecule has 5 fully saturated rings. The smallest absolute Gasteiger partial charge is 0.253 e. The SMILES string of the molecule is O=C(NCC12CC3CC(CC(C3)C1)C2)c1cn(CCC2(O)COC2)c2cccc(Br)c12. The number of halogens is 1. The zero-order valence-corrected chi connectivity index (χ0v) is 19.5. The number of nitrogens with zero attached hydrogens (tertiary/aromatic N) is 1. The average Bonchev–Trinajstić information content (AvgIpc) is 3.08. The number of benzene rings is 1. The fourth-order valence-corrected chi connectivity index (χ4v) is 7.92. The van der Waals surface area contributed by atoms with Crippen molar-refractivity contribution in [2.24, 2.45) is 23.2 Å². The summed E-state index contributed by atoms with van der Waals surface area (Å²) in [6.45, 7) is 2.27. The molecule has 6 heteroatoms. The standard InChI is InChI=1S/C25H31BrN2O3/c26-20-2-1-3-21-22(20)19(12-28(21)5-4-25(30)14-31-15-25)23(29)27-13-24-9-16-6-17(10-24)8-18(7-16)11-24/h1-3,12,16-18,30H,4-11,13-15H2,(H,27,29). The highest BCUT2D eigenvalue weighted by molar-refractivity contribution is 9.10. The molecule has 2 aromatic rings. The molecule has 4 aliphatic carbocycles. The summed E-state index contributed by atoms with van der Waals surface area (Å²) < 4.78 is 8.22. The number of aromatic nitrogens is 1. The van der Waals surface area contributed by atoms with Crippen LogP contribution in [0.3, 0.4) is 0 Å². The highest BCUT2D eigenvalue weighted by Gasteiger charge is 2.50. The first kappa shape index (κ1) is 20.3. The minimum atomic E-state index is -0.733. The van der Waals surface area contributed by atoms with Crippen LogP contribution in [0.25, 0.3) is 10.9 Å². The summed E-state index contributed by atoms with van der Waals surface area (Å²) in [5, 5.41) is 14.7. The Morgan fingerprint density at radius 1 is 1.16 bits per heavy atom. The van der Waals surface area contributed by atoms with Gasteiger partial charge in [0.2, 0.25) is 0 Å². The molecule has 0 radical (unpaired) electrons. The monoisotopic (exact) mass is 486 g/mol. The van der Waals surface area contributed by atoms with Crippen LogP contribution in [0.1, 0.15) is 55.3 Å². The molecular weight excluding hydrogens is 456 g/mol. The summed E-state index contributed by atoms with van der Waals surface area (Å²) in [6.07, 6.45) is 10.7. The number of hydrogen-bond donors (Lipinski definition) is 2. The molecule has 1 aromatic carbocycles. The molecule has 2 N–H and O–H groups in total. The Balaban J connectivity index is 1.22. The molecule has 1 aliphatic heterocycles. The van der Waals surface area contributed by atoms with Gasteiger partial charge in [-0.3, -0.25) is 4.79 Å². The zero-order chi connectivity index (χ0) is 21.2. The molecule has 0 atom stereocenters. The lowest BCUT2D eigenvalue weighted by Gasteiger charge is -2.56. The number of aryl methyl sites for hydroxylation is 1. The fraction of sp³-hybridized carbons (Fsp3) is 0.640. The van der Waals surface area contributed by atoms with Crippen LogP contribution in [0.2, 0.25) is 0 Å². The average molecular weight is 487 g/mol. The maximum Gasteiger partial charge on any atom is 0.253 e. The van der Waals surface area contributed by atoms with Crippen LogP contribution in [0.15, 0.2) is 28.9 Å². The van der Waals surface area contributed by atoms with Crippen LogP contribution in [-0.4, -0.2) is 40.9 Å². The van der Waals surface area contributed by atoms with Crippen molar-refractivity contribution < 1.29 is 14.6 Å². The number of aliphatic hydroxyl groups is 1. The van der Waals surface area contributed by atoms with Gasteiger partial charge in [-0.05, 0) is 80.2 Å². The van der Waals surface area contributed by atoms with Crippen LogP contribution < -0.4 is 5.32 Å². The quantitative estimate of drug-likeness (QED) is 0.631. The molecule has 5 aliphatic rings. The van der Waals surface area contributed by atoms with E-state index < -0.39 is 5.60 Å². The molecule has 2 heterocycles. The topological polar surface area (TPSA) is 63.5 Å². The van der Waals surface area contributed by atoms with Gasteiger partial charge in [-0.25, -0.2) is 0 Å². The van der Waals surface area contributed by atoms with Crippen LogP contribution in [0.4, 0.5) is 0 Å². The van der Waals surface area contributed by atoms with Gasteiger partial charge in [-0.15, -0.1) is 0 Å². The van der Waals surface area contributed by atoms with Gasteiger partial charge in [0.1, 0.15) is 5.60 Å². The second-order valence-corrected chi connectivity index (χ2v) is 11.8. The molecule has 4 bridgehead atoms. The first-order valence-electron chi connectivity index (χ1n) is 11.8. The zero-order valence-electron chi connectivity index (χ0n) is 17.9. The summed E-state index contributed by atoms with van der Waals surface area (Å²) in [5.74, 6) is 2.69. The van der Waals surface area contributed by atoms with Gasteiger partial charge >= 0.3 is 0 Å². The molecule has 1 aromatic heterocycles. The van der Waals surface area contributed by atoms with Crippen molar-refractivity contribution in [2.45, 2.75) is 57.1 Å². The lowest BCUT2D eigenvalue weighted by atomic mass is 9.49. The Kier molecular flexibility index (Phi) is 4.78. The molecule has 166 valence electrons. The summed E-state index contributed by atoms with van der Waals surface area (Å²) >= 11 is 3.66. The Morgan fingerprint density at radius 3 is 2.45 bits per heavy atom. The second kappa shape index (κ2) is 7.32. The van der Waals surface area contributed by atoms with E-state index in [1.54, 1.807) is 0 Å². The van der Waals surface area contributed by atoms with Crippen LogP contribution >= 0.6 is 15.9 Å². The first-order valence-corrected chi connectivity index (χ1v) is 12.6. The second-order valence-electron chi connectivity index (χ2n) is 10.9. The van der Waals surface area contributed by atoms with Crippen molar-refractivity contribution in [3.05, 3.63) is 34.4 Å². The number of ether oxygens (including phenoxy) is 1. The molecule has 7 rings (SSSR count). The molecular formula is C25H31BrN2O3. The Hall–Kier alpha value is -1.37. The van der Waals surface area contributed by atoms with E-state index in [4.69, 9.17) is 4.74 Å². The van der Waals surface area contributed by atoms with Gasteiger partial charge in [-0.1, -0.05) is 22.0 Å². The van der Waals surface area contributed by atoms with Gasteiger partial charge in [0, 0.05) is 34.7 Å². The minimum absolute atomic E-state index is 0.0251. The fourth-order valence-electron chi connectivity index (χ4n) is 7.35. The minimum Gasteiger partial charge on any atom is -0.385 e. The number of rotatable bonds is 6. The van der Waals surface area contributed by atoms with Crippen LogP contribution in [0.5, 0.6) is 0 Å². The summed E-state index contributed by atoms with van der Waals surface area (Å²) in [5.41, 5.74) is 1.35. The normalized spacial score (nSPS) is 32.9. The number of nitrogens with one attached hydrogen (secondary N) is 1. The summed E-state index contributed by atoms with van der Waals surface area (Å²) in [4.78, 5) is 13.4. The van der Waals surface area contributed by atoms with Crippen molar-refractivity contribution in [2.75, 3.05) is 19.8 Å². The molecule has 0 unspecified atom stereocenters. The lowest BCUT2D eigenvalue weighted by Crippen LogP contribution is -2.51. The number of hydrogen-bond acceptors (Lipinski definition) is 3. The number of carbonyl (C=O) groups excluding carboxylic acids is 1. The van der Waals surface area contributed by atoms with Gasteiger partial charge < -0.3 is 19.7 Å². The molecule has 31 heavy (non-hydrogen) atoms. The maximum atomic E-state index is 13.4. The third-order valence-electron chi connectivity index (χ3n) is 8.45. The summed E-state index contributed by atoms with van der Waals surface area (Å²) in [7, 11) is 0. The highest BCUT2D eigenvalue weighted by Crippen LogP contribution is 2.59. The van der Waals surface area contributed by atoms with E-state index in [1.165, 1.54) is 38.5 Å². The van der Waals surface area contributed by atoms with E-state index in [0.717, 1.165) is 45.2 Å². The van der Waals surface area contributed by atoms with Gasteiger partial charge in [0.05, 0.1) is 18.8 Å². The number of amides is 1. The van der Waals surface area contributed by atoms with Crippen molar-refractivity contribution >= 4 is 32.7 Å². The summed E-state index contributed by atoms with van der Waals surface area (Å²) in [6, 6.07) is 6.05. The molecule has 0 spiro atoms. The Morgan fingerprint density at radius 2 is 1.84 bits per heavy atom. The van der Waals surface area contributed by atoms with Crippen molar-refractivity contribution in [3.8, 4) is 0 Å². The maximum absolute atomic E-state index is 13.4. The first-order chi connectivity index (χ1) is 14.9. The highest BCUT2D eigenvalue weighted by atomic mass is 79.9. The van der Waals surface area contributed by atoms with Crippen LogP contribution in [-0.2, 0) is 11.3 Å². The van der Waals surface area contributed by atoms with E-state index in [9.17, 15) is 9.90 Å². The van der Waals surface area contributed by atoms with E-state index in [-0.39, 0.29) is 5.91 Å². The van der Waals surface area contributed by atoms with E-state index >= 15 is 0 Å². The number of carbonyl (C=O) groups is 1. The molecule has 4 saturated carbocycles. The predicted octanol–water partition coefficient (Wildman–Crippen LogP) is 4.50. The predicted molar refractivity (Wildman–Crippen MR) is 123 cm³/mol. The van der Waals surface area contributed by atoms with E-state index in [2.05, 4.69) is 31.9 Å². The molecule has 1 amide bonds. The lowest BCUT2D eigenvalue weighted by molar-refractivity contribution is -0.182.